The Morgan fingerprint density at radius 1 is 0.509 bits per heavy atom. The van der Waals surface area contributed by atoms with Gasteiger partial charge in [0.1, 0.15) is 22.8 Å². The van der Waals surface area contributed by atoms with Crippen molar-refractivity contribution < 1.29 is 58.2 Å². The highest BCUT2D eigenvalue weighted by molar-refractivity contribution is 6.48. The van der Waals surface area contributed by atoms with Gasteiger partial charge in [0.2, 0.25) is 23.1 Å². The van der Waals surface area contributed by atoms with Gasteiger partial charge in [-0.25, -0.2) is 4.98 Å². The number of ether oxygens (including phenoxy) is 3. The van der Waals surface area contributed by atoms with Crippen LogP contribution in [0.2, 0.25) is 0 Å². The number of rotatable bonds is 16. The van der Waals surface area contributed by atoms with E-state index in [-0.39, 0.29) is 89.2 Å². The van der Waals surface area contributed by atoms with Crippen LogP contribution in [0.1, 0.15) is 255 Å². The molecule has 14 rings (SSSR count). The topological polar surface area (TPSA) is 215 Å². The number of nitrogens with one attached hydrogen (secondary N) is 1. The van der Waals surface area contributed by atoms with Gasteiger partial charge in [0, 0.05) is 59.0 Å². The lowest BCUT2D eigenvalue weighted by molar-refractivity contribution is -0.132. The van der Waals surface area contributed by atoms with Crippen LogP contribution < -0.4 is 10.1 Å². The van der Waals surface area contributed by atoms with Crippen molar-refractivity contribution in [3.05, 3.63) is 196 Å². The Labute approximate surface area is 681 Å². The van der Waals surface area contributed by atoms with E-state index in [4.69, 9.17) is 18.6 Å². The van der Waals surface area contributed by atoms with Crippen molar-refractivity contribution in [2.75, 3.05) is 27.4 Å². The quantitative estimate of drug-likeness (QED) is 0.0513. The molecule has 0 saturated heterocycles. The van der Waals surface area contributed by atoms with Crippen LogP contribution in [0.5, 0.6) is 11.5 Å². The predicted molar refractivity (Wildman–Crippen MR) is 457 cm³/mol. The highest BCUT2D eigenvalue weighted by atomic mass is 16.5. The van der Waals surface area contributed by atoms with Gasteiger partial charge in [-0.15, -0.1) is 0 Å². The number of carbonyl (C=O) groups is 4. The number of aromatic hydroxyl groups is 1. The number of ketones is 4. The molecule has 11 aliphatic rings. The zero-order chi connectivity index (χ0) is 83.3. The molecule has 0 radical (unpaired) electrons. The van der Waals surface area contributed by atoms with Gasteiger partial charge in [-0.1, -0.05) is 175 Å². The van der Waals surface area contributed by atoms with Crippen LogP contribution in [0, 0.1) is 97.6 Å². The highest BCUT2D eigenvalue weighted by Crippen LogP contribution is 2.68. The molecule has 0 bridgehead atoms. The van der Waals surface area contributed by atoms with Crippen LogP contribution in [-0.4, -0.2) is 75.9 Å². The molecule has 14 heteroatoms. The van der Waals surface area contributed by atoms with Gasteiger partial charge >= 0.3 is 0 Å². The maximum absolute atomic E-state index is 13.0. The number of aliphatic hydroxyl groups is 3. The Bertz CT molecular complexity index is 4550. The fourth-order valence-electron chi connectivity index (χ4n) is 24.3. The molecule has 618 valence electrons. The van der Waals surface area contributed by atoms with Crippen LogP contribution in [0.4, 0.5) is 0 Å². The highest BCUT2D eigenvalue weighted by Gasteiger charge is 2.60. The number of Topliss-reactive ketones (excluding diaryl/α,β-unsaturated/α-hetero) is 3. The number of allylic oxidation sites excluding steroid dienone is 10. The lowest BCUT2D eigenvalue weighted by atomic mass is 9.46. The normalized spacial score (nSPS) is 35.0. The zero-order valence-electron chi connectivity index (χ0n) is 72.2. The maximum Gasteiger partial charge on any atom is 0.232 e. The molecule has 5 N–H and O–H groups in total. The minimum atomic E-state index is -0.559. The predicted octanol–water partition coefficient (Wildman–Crippen LogP) is 23.8. The summed E-state index contributed by atoms with van der Waals surface area (Å²) in [6, 6.07) is 11.8. The second kappa shape index (κ2) is 33.5. The molecule has 8 fully saturated rings. The zero-order valence-corrected chi connectivity index (χ0v) is 72.2. The first kappa shape index (κ1) is 86.7. The van der Waals surface area contributed by atoms with Crippen molar-refractivity contribution in [3.63, 3.8) is 0 Å². The average molecular weight is 1560 g/mol. The van der Waals surface area contributed by atoms with E-state index in [9.17, 15) is 39.6 Å². The molecule has 1 heterocycles. The van der Waals surface area contributed by atoms with Gasteiger partial charge in [0.15, 0.2) is 34.5 Å². The van der Waals surface area contributed by atoms with Crippen molar-refractivity contribution in [2.24, 2.45) is 90.7 Å². The molecule has 14 nitrogen and oxygen atoms in total. The number of phenols is 1. The Kier molecular flexibility index (Phi) is 25.5. The number of oxazole rings is 1. The molecule has 11 aliphatic carbocycles. The van der Waals surface area contributed by atoms with Gasteiger partial charge in [-0.2, -0.15) is 0 Å². The Hall–Kier alpha value is -8.13. The largest absolute Gasteiger partial charge is 0.507 e. The van der Waals surface area contributed by atoms with Crippen molar-refractivity contribution in [3.8, 4) is 11.5 Å². The van der Waals surface area contributed by atoms with Crippen molar-refractivity contribution in [2.45, 2.75) is 257 Å². The summed E-state index contributed by atoms with van der Waals surface area (Å²) in [5.74, 6) is 4.16. The summed E-state index contributed by atoms with van der Waals surface area (Å²) < 4.78 is 22.2. The number of aromatic nitrogens is 1. The first-order chi connectivity index (χ1) is 53.7. The standard InChI is InChI=1S/C29H37NO3.C24H33NO3.C24H34O3.C23H32O3/c1-19-9-8-12-25-28(19,3)15-13-20(2)29(25,4)18-22-26(32)23(17-24(31)27(22)33)30-16-14-21-10-6-5-7-11-21;1-14-8-7-9-20-23(14,4)11-10-15(2)24(20,5)13-17-21(26)19(27-6)12-18-22(17)28-16(3)25-18;1-7-27-19-13-15(2)21(25)18(22(19)26)14-24(6)17(4)11-12-23(5)16(3)9-8-10-20(23)24;1-14-12-18(26-6)21(25)17(20(14)24)13-23(5)16(3)10-11-22(4)15(2)8-7-9-19(22)23/h5-7,10-11,17,20,25,30,32H,1,8-9,12-16,18H2,2-4H3;12,15,20,26H,1,7-11,13H2,2-6H3;13,17,20,25H,2-3,7-12,14H2,1,4-6H3;12,16,19,24H,1-2,7-11,13H2,3-6H3. The number of benzene rings is 2. The number of carbonyl (C=O) groups excluding carboxylic acids is 4. The summed E-state index contributed by atoms with van der Waals surface area (Å²) in [7, 11) is 3.08. The smallest absolute Gasteiger partial charge is 0.232 e. The molecule has 114 heavy (non-hydrogen) atoms. The fraction of sp³-hybridized carbons (Fsp3) is 0.590. The molecule has 2 aromatic carbocycles. The van der Waals surface area contributed by atoms with E-state index in [1.807, 2.05) is 44.2 Å². The minimum absolute atomic E-state index is 0.0335. The van der Waals surface area contributed by atoms with E-state index >= 15 is 0 Å². The monoisotopic (exact) mass is 1560 g/mol. The third-order valence-corrected chi connectivity index (χ3v) is 32.7. The van der Waals surface area contributed by atoms with Crippen molar-refractivity contribution in [1.82, 2.24) is 10.3 Å². The van der Waals surface area contributed by atoms with Crippen LogP contribution >= 0.6 is 0 Å². The van der Waals surface area contributed by atoms with E-state index in [0.717, 1.165) is 114 Å². The molecular formula is C100H136N2O12. The van der Waals surface area contributed by atoms with Crippen LogP contribution in [0.3, 0.4) is 0 Å². The summed E-state index contributed by atoms with van der Waals surface area (Å²) >= 11 is 0. The number of fused-ring (bicyclic) bond motifs is 5. The number of aliphatic hydroxyl groups excluding tert-OH is 3. The third-order valence-electron chi connectivity index (χ3n) is 32.7. The van der Waals surface area contributed by atoms with Gasteiger partial charge in [-0.3, -0.25) is 19.2 Å². The van der Waals surface area contributed by atoms with Crippen molar-refractivity contribution in [1.29, 1.82) is 0 Å². The summed E-state index contributed by atoms with van der Waals surface area (Å²) in [4.78, 5) is 55.9. The SMILES string of the molecule is C=C1C=C(OC)C(=O)C(CC2(C)C(C)CCC3(C)C(=C)CCCC32)=C1O.C=C1C=C(OCC)C(=O)C(CC2(C)C(C)CCC3(C)C(=C)CCCC32)=C1O.C=C1CCCC2C1(C)CCC(C)C2(C)CC1=C(O)C(NCCc2ccccc2)=CC(=O)C1=O.C=C1CCCC2C1(C)CCC(C)C2(C)Cc1c(O)c(OC)cc2nc(C)oc12. The summed E-state index contributed by atoms with van der Waals surface area (Å²) in [5, 5.41) is 46.6. The lowest BCUT2D eigenvalue weighted by Crippen LogP contribution is -2.51. The molecule has 8 saturated carbocycles. The van der Waals surface area contributed by atoms with Crippen LogP contribution in [0.25, 0.3) is 11.1 Å². The number of nitrogens with zero attached hydrogens (tertiary/aromatic N) is 1. The lowest BCUT2D eigenvalue weighted by Gasteiger charge is -2.59. The van der Waals surface area contributed by atoms with Gasteiger partial charge < -0.3 is 44.4 Å². The first-order valence-corrected chi connectivity index (χ1v) is 43.0. The first-order valence-electron chi connectivity index (χ1n) is 43.0. The van der Waals surface area contributed by atoms with Crippen LogP contribution in [-0.2, 0) is 41.5 Å². The molecular weight excluding hydrogens is 1420 g/mol. The molecule has 0 amide bonds. The number of methoxy groups -OCH3 is 2. The number of phenolic OH excluding ortho intramolecular Hbond substituents is 1. The summed E-state index contributed by atoms with van der Waals surface area (Å²) in [6.45, 7) is 58.2. The third kappa shape index (κ3) is 15.7. The summed E-state index contributed by atoms with van der Waals surface area (Å²) in [5.41, 5.74) is 11.7. The number of hydrogen-bond acceptors (Lipinski definition) is 14. The Balaban J connectivity index is 0.000000150. The number of aryl methyl sites for hydroxylation is 1. The average Bonchev–Trinajstić information content (AvgIpc) is 0.790. The van der Waals surface area contributed by atoms with Crippen molar-refractivity contribution >= 4 is 34.2 Å². The van der Waals surface area contributed by atoms with E-state index in [0.29, 0.717) is 131 Å². The number of hydrogen-bond donors (Lipinski definition) is 5. The fourth-order valence-corrected chi connectivity index (χ4v) is 24.3. The molecule has 0 aliphatic heterocycles. The van der Waals surface area contributed by atoms with Gasteiger partial charge in [0.25, 0.3) is 0 Å². The maximum atomic E-state index is 13.0. The minimum Gasteiger partial charge on any atom is -0.507 e. The molecule has 16 atom stereocenters. The summed E-state index contributed by atoms with van der Waals surface area (Å²) in [6.07, 6.45) is 30.3. The Morgan fingerprint density at radius 2 is 0.895 bits per heavy atom. The van der Waals surface area contributed by atoms with E-state index in [1.54, 1.807) is 19.3 Å². The van der Waals surface area contributed by atoms with Crippen LogP contribution in [0.15, 0.2) is 183 Å². The molecule has 0 spiro atoms. The molecule has 16 unspecified atom stereocenters. The van der Waals surface area contributed by atoms with E-state index < -0.39 is 11.6 Å². The molecule has 1 aromatic heterocycles. The molecule has 3 aromatic rings. The van der Waals surface area contributed by atoms with E-state index in [2.05, 4.69) is 133 Å². The Morgan fingerprint density at radius 3 is 1.29 bits per heavy atom. The van der Waals surface area contributed by atoms with E-state index in [1.165, 1.54) is 85.6 Å². The second-order valence-electron chi connectivity index (χ2n) is 38.6. The van der Waals surface area contributed by atoms with Gasteiger partial charge in [-0.05, 0) is 276 Å². The van der Waals surface area contributed by atoms with Gasteiger partial charge in [0.05, 0.1) is 26.5 Å². The second-order valence-corrected chi connectivity index (χ2v) is 38.6.